The van der Waals surface area contributed by atoms with Crippen LogP contribution in [0.1, 0.15) is 41.0 Å². The van der Waals surface area contributed by atoms with Gasteiger partial charge in [0.15, 0.2) is 0 Å². The zero-order valence-electron chi connectivity index (χ0n) is 15.8. The average Bonchev–Trinajstić information content (AvgIpc) is 2.75. The van der Waals surface area contributed by atoms with E-state index in [2.05, 4.69) is 17.2 Å². The van der Waals surface area contributed by atoms with Crippen LogP contribution >= 0.6 is 0 Å². The molecule has 3 aromatic rings. The first-order valence-corrected chi connectivity index (χ1v) is 9.54. The van der Waals surface area contributed by atoms with Crippen LogP contribution in [0.2, 0.25) is 0 Å². The quantitative estimate of drug-likeness (QED) is 0.684. The van der Waals surface area contributed by atoms with Crippen molar-refractivity contribution in [3.05, 3.63) is 89.7 Å². The summed E-state index contributed by atoms with van der Waals surface area (Å²) < 4.78 is 5.85. The Morgan fingerprint density at radius 1 is 1.07 bits per heavy atom. The zero-order valence-corrected chi connectivity index (χ0v) is 15.8. The average molecular weight is 373 g/mol. The number of hydrogen-bond donors (Lipinski definition) is 1. The normalized spacial score (nSPS) is 15.7. The molecule has 5 heteroatoms. The van der Waals surface area contributed by atoms with Gasteiger partial charge in [-0.05, 0) is 42.3 Å². The molecule has 2 heterocycles. The first kappa shape index (κ1) is 18.0. The van der Waals surface area contributed by atoms with Gasteiger partial charge in [-0.3, -0.25) is 9.78 Å². The summed E-state index contributed by atoms with van der Waals surface area (Å²) in [6.45, 7) is 3.26. The molecule has 4 rings (SSSR count). The highest BCUT2D eigenvalue weighted by Gasteiger charge is 2.32. The maximum absolute atomic E-state index is 13.0. The molecule has 1 N–H and O–H groups in total. The largest absolute Gasteiger partial charge is 0.489 e. The molecule has 142 valence electrons. The molecule has 0 radical (unpaired) electrons. The van der Waals surface area contributed by atoms with Crippen LogP contribution in [0.3, 0.4) is 0 Å². The van der Waals surface area contributed by atoms with Gasteiger partial charge >= 0.3 is 0 Å². The first-order chi connectivity index (χ1) is 13.8. The number of nitrogens with one attached hydrogen (secondary N) is 1. The third kappa shape index (κ3) is 3.69. The molecule has 1 unspecified atom stereocenters. The molecule has 1 atom stereocenters. The van der Waals surface area contributed by atoms with E-state index in [-0.39, 0.29) is 12.1 Å². The molecule has 0 aliphatic carbocycles. The van der Waals surface area contributed by atoms with E-state index in [0.29, 0.717) is 13.2 Å². The van der Waals surface area contributed by atoms with Crippen molar-refractivity contribution in [2.45, 2.75) is 26.1 Å². The molecule has 1 amide bonds. The second-order valence-electron chi connectivity index (χ2n) is 6.81. The highest BCUT2D eigenvalue weighted by Crippen LogP contribution is 2.33. The van der Waals surface area contributed by atoms with E-state index >= 15 is 0 Å². The number of aromatic nitrogens is 1. The van der Waals surface area contributed by atoms with E-state index in [1.54, 1.807) is 12.4 Å². The number of ether oxygens (including phenoxy) is 1. The Kier molecular flexibility index (Phi) is 5.24. The number of hydrogen-bond acceptors (Lipinski definition) is 4. The summed E-state index contributed by atoms with van der Waals surface area (Å²) in [6.07, 6.45) is 4.26. The van der Waals surface area contributed by atoms with Crippen LogP contribution in [0.5, 0.6) is 5.75 Å². The maximum Gasteiger partial charge on any atom is 0.257 e. The van der Waals surface area contributed by atoms with Gasteiger partial charge in [0, 0.05) is 30.2 Å². The Labute approximate surface area is 165 Å². The Morgan fingerprint density at radius 3 is 2.64 bits per heavy atom. The van der Waals surface area contributed by atoms with Crippen LogP contribution in [0.15, 0.2) is 73.1 Å². The molecule has 1 aromatic heterocycles. The first-order valence-electron chi connectivity index (χ1n) is 9.54. The fourth-order valence-electron chi connectivity index (χ4n) is 3.42. The third-order valence-electron chi connectivity index (χ3n) is 4.81. The van der Waals surface area contributed by atoms with Gasteiger partial charge in [0.05, 0.1) is 5.56 Å². The zero-order chi connectivity index (χ0) is 19.3. The molecule has 1 aliphatic rings. The predicted molar refractivity (Wildman–Crippen MR) is 109 cm³/mol. The van der Waals surface area contributed by atoms with E-state index in [0.717, 1.165) is 34.5 Å². The van der Waals surface area contributed by atoms with E-state index in [9.17, 15) is 4.79 Å². The molecule has 0 fully saturated rings. The van der Waals surface area contributed by atoms with Gasteiger partial charge in [-0.25, -0.2) is 0 Å². The van der Waals surface area contributed by atoms with E-state index in [4.69, 9.17) is 4.74 Å². The molecule has 2 aromatic carbocycles. The summed E-state index contributed by atoms with van der Waals surface area (Å²) in [4.78, 5) is 19.0. The number of para-hydroxylation sites is 1. The number of fused-ring (bicyclic) bond motifs is 1. The lowest BCUT2D eigenvalue weighted by Gasteiger charge is -2.38. The lowest BCUT2D eigenvalue weighted by Crippen LogP contribution is -2.43. The van der Waals surface area contributed by atoms with Crippen LogP contribution in [-0.2, 0) is 6.61 Å². The SMILES string of the molecule is CCCN1C(=O)c2ccccc2NC1c1ccc(OCc2cccnc2)cc1. The molecule has 5 nitrogen and oxygen atoms in total. The number of carbonyl (C=O) groups is 1. The number of rotatable bonds is 6. The van der Waals surface area contributed by atoms with E-state index in [1.807, 2.05) is 65.6 Å². The van der Waals surface area contributed by atoms with Crippen LogP contribution in [0, 0.1) is 0 Å². The van der Waals surface area contributed by atoms with Gasteiger partial charge in [-0.2, -0.15) is 0 Å². The molecule has 0 saturated heterocycles. The number of amides is 1. The molecule has 28 heavy (non-hydrogen) atoms. The summed E-state index contributed by atoms with van der Waals surface area (Å²) in [6, 6.07) is 19.5. The lowest BCUT2D eigenvalue weighted by molar-refractivity contribution is 0.0683. The summed E-state index contributed by atoms with van der Waals surface area (Å²) >= 11 is 0. The van der Waals surface area contributed by atoms with E-state index in [1.165, 1.54) is 0 Å². The van der Waals surface area contributed by atoms with Gasteiger partial charge in [0.25, 0.3) is 5.91 Å². The molecule has 0 spiro atoms. The van der Waals surface area contributed by atoms with Gasteiger partial charge < -0.3 is 15.0 Å². The molecular weight excluding hydrogens is 350 g/mol. The number of anilines is 1. The lowest BCUT2D eigenvalue weighted by atomic mass is 10.0. The standard InChI is InChI=1S/C23H23N3O2/c1-2-14-26-22(25-21-8-4-3-7-20(21)23(26)27)18-9-11-19(12-10-18)28-16-17-6-5-13-24-15-17/h3-13,15,22,25H,2,14,16H2,1H3. The fourth-order valence-corrected chi connectivity index (χ4v) is 3.42. The minimum atomic E-state index is -0.185. The number of carbonyl (C=O) groups excluding carboxylic acids is 1. The Morgan fingerprint density at radius 2 is 1.89 bits per heavy atom. The van der Waals surface area contributed by atoms with Crippen molar-refractivity contribution in [3.63, 3.8) is 0 Å². The monoisotopic (exact) mass is 373 g/mol. The van der Waals surface area contributed by atoms with Crippen molar-refractivity contribution in [1.82, 2.24) is 9.88 Å². The van der Waals surface area contributed by atoms with Gasteiger partial charge in [-0.15, -0.1) is 0 Å². The summed E-state index contributed by atoms with van der Waals surface area (Å²) in [7, 11) is 0. The summed E-state index contributed by atoms with van der Waals surface area (Å²) in [5, 5.41) is 3.51. The minimum absolute atomic E-state index is 0.0677. The number of pyridine rings is 1. The third-order valence-corrected chi connectivity index (χ3v) is 4.81. The Balaban J connectivity index is 1.53. The molecular formula is C23H23N3O2. The van der Waals surface area contributed by atoms with Crippen molar-refractivity contribution < 1.29 is 9.53 Å². The Hall–Kier alpha value is -3.34. The second kappa shape index (κ2) is 8.13. The molecule has 0 saturated carbocycles. The van der Waals surface area contributed by atoms with Gasteiger partial charge in [0.1, 0.15) is 18.5 Å². The van der Waals surface area contributed by atoms with Gasteiger partial charge in [-0.1, -0.05) is 37.3 Å². The minimum Gasteiger partial charge on any atom is -0.489 e. The van der Waals surface area contributed by atoms with Crippen molar-refractivity contribution in [3.8, 4) is 5.75 Å². The maximum atomic E-state index is 13.0. The smallest absolute Gasteiger partial charge is 0.257 e. The van der Waals surface area contributed by atoms with Crippen molar-refractivity contribution in [1.29, 1.82) is 0 Å². The topological polar surface area (TPSA) is 54.5 Å². The highest BCUT2D eigenvalue weighted by molar-refractivity contribution is 6.01. The molecule has 1 aliphatic heterocycles. The van der Waals surface area contributed by atoms with Crippen molar-refractivity contribution in [2.75, 3.05) is 11.9 Å². The second-order valence-corrected chi connectivity index (χ2v) is 6.81. The van der Waals surface area contributed by atoms with Crippen LogP contribution in [0.25, 0.3) is 0 Å². The number of benzene rings is 2. The highest BCUT2D eigenvalue weighted by atomic mass is 16.5. The Bertz CT molecular complexity index is 942. The summed E-state index contributed by atoms with van der Waals surface area (Å²) in [5.41, 5.74) is 3.66. The van der Waals surface area contributed by atoms with E-state index < -0.39 is 0 Å². The van der Waals surface area contributed by atoms with Crippen LogP contribution in [-0.4, -0.2) is 22.3 Å². The summed E-state index contributed by atoms with van der Waals surface area (Å²) in [5.74, 6) is 0.857. The predicted octanol–water partition coefficient (Wildman–Crippen LogP) is 4.64. The number of nitrogens with zero attached hydrogens (tertiary/aromatic N) is 2. The van der Waals surface area contributed by atoms with Crippen molar-refractivity contribution >= 4 is 11.6 Å². The van der Waals surface area contributed by atoms with Gasteiger partial charge in [0.2, 0.25) is 0 Å². The molecule has 0 bridgehead atoms. The van der Waals surface area contributed by atoms with Crippen LogP contribution < -0.4 is 10.1 Å². The van der Waals surface area contributed by atoms with Crippen LogP contribution in [0.4, 0.5) is 5.69 Å². The van der Waals surface area contributed by atoms with Crippen molar-refractivity contribution in [2.24, 2.45) is 0 Å². The fraction of sp³-hybridized carbons (Fsp3) is 0.217.